The number of para-hydroxylation sites is 2. The standard InChI is InChI=1S/C15H17ClN2O3/c1-3-20-15-10-13(16)17-14(18-15)8-9-21-12-7-5-4-6-11(12)19-2/h4-7,10H,3,8-9H2,1-2H3. The molecular formula is C15H17ClN2O3. The number of benzene rings is 1. The third-order valence-electron chi connectivity index (χ3n) is 2.66. The maximum atomic E-state index is 5.94. The summed E-state index contributed by atoms with van der Waals surface area (Å²) in [5, 5.41) is 0.362. The summed E-state index contributed by atoms with van der Waals surface area (Å²) in [4.78, 5) is 8.42. The highest BCUT2D eigenvalue weighted by Gasteiger charge is 2.06. The zero-order valence-corrected chi connectivity index (χ0v) is 12.8. The summed E-state index contributed by atoms with van der Waals surface area (Å²) in [7, 11) is 1.61. The minimum atomic E-state index is 0.362. The molecule has 0 spiro atoms. The van der Waals surface area contributed by atoms with E-state index in [1.807, 2.05) is 31.2 Å². The van der Waals surface area contributed by atoms with Crippen molar-refractivity contribution in [3.8, 4) is 17.4 Å². The van der Waals surface area contributed by atoms with Crippen molar-refractivity contribution in [1.29, 1.82) is 0 Å². The predicted molar refractivity (Wildman–Crippen MR) is 80.4 cm³/mol. The fourth-order valence-corrected chi connectivity index (χ4v) is 1.96. The molecule has 0 aliphatic rings. The largest absolute Gasteiger partial charge is 0.493 e. The van der Waals surface area contributed by atoms with Gasteiger partial charge >= 0.3 is 0 Å². The number of hydrogen-bond donors (Lipinski definition) is 0. The van der Waals surface area contributed by atoms with Crippen LogP contribution in [0.1, 0.15) is 12.7 Å². The molecule has 0 aliphatic heterocycles. The van der Waals surface area contributed by atoms with Gasteiger partial charge in [-0.2, -0.15) is 4.98 Å². The lowest BCUT2D eigenvalue weighted by atomic mass is 10.3. The first-order chi connectivity index (χ1) is 10.2. The molecule has 0 unspecified atom stereocenters. The van der Waals surface area contributed by atoms with Crippen molar-refractivity contribution >= 4 is 11.6 Å². The molecular weight excluding hydrogens is 292 g/mol. The SMILES string of the molecule is CCOc1cc(Cl)nc(CCOc2ccccc2OC)n1. The van der Waals surface area contributed by atoms with Crippen LogP contribution in [0.4, 0.5) is 0 Å². The lowest BCUT2D eigenvalue weighted by molar-refractivity contribution is 0.293. The molecule has 6 heteroatoms. The molecule has 0 fully saturated rings. The monoisotopic (exact) mass is 308 g/mol. The van der Waals surface area contributed by atoms with E-state index in [0.29, 0.717) is 48.0 Å². The van der Waals surface area contributed by atoms with Gasteiger partial charge in [-0.1, -0.05) is 23.7 Å². The highest BCUT2D eigenvalue weighted by Crippen LogP contribution is 2.25. The first kappa shape index (κ1) is 15.4. The summed E-state index contributed by atoms with van der Waals surface area (Å²) in [5.41, 5.74) is 0. The normalized spacial score (nSPS) is 10.2. The molecule has 0 atom stereocenters. The van der Waals surface area contributed by atoms with Crippen molar-refractivity contribution in [2.75, 3.05) is 20.3 Å². The number of ether oxygens (including phenoxy) is 3. The van der Waals surface area contributed by atoms with Crippen LogP contribution < -0.4 is 14.2 Å². The topological polar surface area (TPSA) is 53.5 Å². The minimum absolute atomic E-state index is 0.362. The van der Waals surface area contributed by atoms with E-state index in [9.17, 15) is 0 Å². The van der Waals surface area contributed by atoms with E-state index in [2.05, 4.69) is 9.97 Å². The van der Waals surface area contributed by atoms with Gasteiger partial charge in [0.15, 0.2) is 11.5 Å². The molecule has 0 amide bonds. The van der Waals surface area contributed by atoms with Gasteiger partial charge < -0.3 is 14.2 Å². The number of halogens is 1. The number of rotatable bonds is 7. The minimum Gasteiger partial charge on any atom is -0.493 e. The summed E-state index contributed by atoms with van der Waals surface area (Å²) in [6.07, 6.45) is 0.526. The molecule has 21 heavy (non-hydrogen) atoms. The van der Waals surface area contributed by atoms with Crippen LogP contribution in [0.2, 0.25) is 5.15 Å². The van der Waals surface area contributed by atoms with Gasteiger partial charge in [0.2, 0.25) is 5.88 Å². The van der Waals surface area contributed by atoms with Crippen LogP contribution >= 0.6 is 11.6 Å². The lowest BCUT2D eigenvalue weighted by Crippen LogP contribution is -2.07. The van der Waals surface area contributed by atoms with Crippen LogP contribution in [0.15, 0.2) is 30.3 Å². The molecule has 2 rings (SSSR count). The van der Waals surface area contributed by atoms with Crippen LogP contribution in [0.3, 0.4) is 0 Å². The van der Waals surface area contributed by atoms with Crippen LogP contribution in [-0.4, -0.2) is 30.3 Å². The molecule has 0 saturated carbocycles. The molecule has 0 radical (unpaired) electrons. The van der Waals surface area contributed by atoms with Crippen LogP contribution in [0.25, 0.3) is 0 Å². The van der Waals surface area contributed by atoms with Crippen molar-refractivity contribution in [2.45, 2.75) is 13.3 Å². The Morgan fingerprint density at radius 2 is 1.86 bits per heavy atom. The van der Waals surface area contributed by atoms with E-state index in [1.165, 1.54) is 0 Å². The fraction of sp³-hybridized carbons (Fsp3) is 0.333. The van der Waals surface area contributed by atoms with E-state index in [1.54, 1.807) is 13.2 Å². The zero-order valence-electron chi connectivity index (χ0n) is 12.0. The van der Waals surface area contributed by atoms with Gasteiger partial charge in [-0.15, -0.1) is 0 Å². The van der Waals surface area contributed by atoms with E-state index < -0.39 is 0 Å². The van der Waals surface area contributed by atoms with Gasteiger partial charge in [-0.05, 0) is 19.1 Å². The maximum Gasteiger partial charge on any atom is 0.218 e. The van der Waals surface area contributed by atoms with Gasteiger partial charge in [0, 0.05) is 12.5 Å². The first-order valence-electron chi connectivity index (χ1n) is 6.65. The number of methoxy groups -OCH3 is 1. The molecule has 0 N–H and O–H groups in total. The second-order valence-electron chi connectivity index (χ2n) is 4.13. The van der Waals surface area contributed by atoms with Crippen LogP contribution in [-0.2, 0) is 6.42 Å². The van der Waals surface area contributed by atoms with Crippen molar-refractivity contribution in [3.05, 3.63) is 41.3 Å². The summed E-state index contributed by atoms with van der Waals surface area (Å²) in [6.45, 7) is 2.84. The Bertz CT molecular complexity index is 593. The number of nitrogens with zero attached hydrogens (tertiary/aromatic N) is 2. The summed E-state index contributed by atoms with van der Waals surface area (Å²) in [5.74, 6) is 2.44. The molecule has 1 heterocycles. The van der Waals surface area contributed by atoms with Crippen molar-refractivity contribution < 1.29 is 14.2 Å². The average molecular weight is 309 g/mol. The Labute approximate surface area is 128 Å². The second-order valence-corrected chi connectivity index (χ2v) is 4.51. The van der Waals surface area contributed by atoms with Gasteiger partial charge in [0.1, 0.15) is 11.0 Å². The Morgan fingerprint density at radius 3 is 2.57 bits per heavy atom. The Hall–Kier alpha value is -2.01. The molecule has 112 valence electrons. The number of aromatic nitrogens is 2. The maximum absolute atomic E-state index is 5.94. The van der Waals surface area contributed by atoms with Crippen molar-refractivity contribution in [1.82, 2.24) is 9.97 Å². The van der Waals surface area contributed by atoms with E-state index >= 15 is 0 Å². The Balaban J connectivity index is 1.97. The van der Waals surface area contributed by atoms with Crippen LogP contribution in [0, 0.1) is 0 Å². The smallest absolute Gasteiger partial charge is 0.218 e. The quantitative estimate of drug-likeness (QED) is 0.735. The van der Waals surface area contributed by atoms with Gasteiger partial charge in [-0.3, -0.25) is 0 Å². The predicted octanol–water partition coefficient (Wildman–Crippen LogP) is 3.16. The third-order valence-corrected chi connectivity index (χ3v) is 2.86. The van der Waals surface area contributed by atoms with Crippen molar-refractivity contribution in [2.24, 2.45) is 0 Å². The molecule has 0 bridgehead atoms. The molecule has 0 saturated heterocycles. The molecule has 5 nitrogen and oxygen atoms in total. The lowest BCUT2D eigenvalue weighted by Gasteiger charge is -2.10. The van der Waals surface area contributed by atoms with E-state index in [4.69, 9.17) is 25.8 Å². The highest BCUT2D eigenvalue weighted by molar-refractivity contribution is 6.29. The summed E-state index contributed by atoms with van der Waals surface area (Å²) < 4.78 is 16.2. The second kappa shape index (κ2) is 7.69. The molecule has 2 aromatic rings. The highest BCUT2D eigenvalue weighted by atomic mass is 35.5. The Kier molecular flexibility index (Phi) is 5.63. The van der Waals surface area contributed by atoms with E-state index in [0.717, 1.165) is 0 Å². The van der Waals surface area contributed by atoms with Crippen molar-refractivity contribution in [3.63, 3.8) is 0 Å². The van der Waals surface area contributed by atoms with E-state index in [-0.39, 0.29) is 0 Å². The molecule has 1 aromatic carbocycles. The summed E-state index contributed by atoms with van der Waals surface area (Å²) in [6, 6.07) is 9.07. The zero-order chi connectivity index (χ0) is 15.1. The van der Waals surface area contributed by atoms with Gasteiger partial charge in [0.05, 0.1) is 20.3 Å². The Morgan fingerprint density at radius 1 is 1.10 bits per heavy atom. The first-order valence-corrected chi connectivity index (χ1v) is 7.02. The van der Waals surface area contributed by atoms with Gasteiger partial charge in [0.25, 0.3) is 0 Å². The van der Waals surface area contributed by atoms with Crippen LogP contribution in [0.5, 0.6) is 17.4 Å². The van der Waals surface area contributed by atoms with Gasteiger partial charge in [-0.25, -0.2) is 4.98 Å². The fourth-order valence-electron chi connectivity index (χ4n) is 1.77. The summed E-state index contributed by atoms with van der Waals surface area (Å²) >= 11 is 5.94. The average Bonchev–Trinajstić information content (AvgIpc) is 2.47. The molecule has 1 aromatic heterocycles. The molecule has 0 aliphatic carbocycles. The number of hydrogen-bond acceptors (Lipinski definition) is 5. The third kappa shape index (κ3) is 4.49.